The van der Waals surface area contributed by atoms with Gasteiger partial charge in [0.05, 0.1) is 19.8 Å². The van der Waals surface area contributed by atoms with Crippen molar-refractivity contribution in [1.82, 2.24) is 0 Å². The molecule has 4 aliphatic heterocycles. The van der Waals surface area contributed by atoms with Gasteiger partial charge in [-0.1, -0.05) is 60.7 Å². The first-order valence-corrected chi connectivity index (χ1v) is 14.4. The average molecular weight is 589 g/mol. The van der Waals surface area contributed by atoms with Crippen molar-refractivity contribution >= 4 is 0 Å². The van der Waals surface area contributed by atoms with Crippen molar-refractivity contribution in [2.75, 3.05) is 13.2 Å². The summed E-state index contributed by atoms with van der Waals surface area (Å²) in [5.41, 5.74) is 1.77. The highest BCUT2D eigenvalue weighted by Gasteiger charge is 2.55. The number of hydrogen-bond acceptors (Lipinski definition) is 11. The van der Waals surface area contributed by atoms with Crippen LogP contribution in [-0.4, -0.2) is 90.3 Å². The second kappa shape index (κ2) is 12.2. The smallest absolute Gasteiger partial charge is 0.189 e. The Labute approximate surface area is 245 Å². The minimum absolute atomic E-state index is 0.166. The molecular weight excluding hydrogens is 548 g/mol. The molecule has 2 aromatic carbocycles. The summed E-state index contributed by atoms with van der Waals surface area (Å²) in [4.78, 5) is 0. The van der Waals surface area contributed by atoms with Gasteiger partial charge >= 0.3 is 0 Å². The van der Waals surface area contributed by atoms with E-state index in [0.717, 1.165) is 11.1 Å². The van der Waals surface area contributed by atoms with Crippen LogP contribution in [0, 0.1) is 0 Å². The van der Waals surface area contributed by atoms with E-state index in [9.17, 15) is 10.2 Å². The molecule has 0 radical (unpaired) electrons. The first-order chi connectivity index (χ1) is 20.1. The van der Waals surface area contributed by atoms with E-state index in [4.69, 9.17) is 42.6 Å². The molecule has 4 heterocycles. The van der Waals surface area contributed by atoms with Crippen LogP contribution in [0.15, 0.2) is 60.7 Å². The Kier molecular flexibility index (Phi) is 8.71. The maximum atomic E-state index is 11.5. The van der Waals surface area contributed by atoms with Crippen LogP contribution in [0.1, 0.15) is 45.1 Å². The van der Waals surface area contributed by atoms with Gasteiger partial charge in [0.25, 0.3) is 0 Å². The molecule has 0 aliphatic carbocycles. The van der Waals surface area contributed by atoms with Crippen LogP contribution in [0.2, 0.25) is 0 Å². The number of rotatable bonds is 8. The third-order valence-electron chi connectivity index (χ3n) is 7.78. The summed E-state index contributed by atoms with van der Waals surface area (Å²) < 4.78 is 54.5. The van der Waals surface area contributed by atoms with Crippen LogP contribution in [0.3, 0.4) is 0 Å². The minimum Gasteiger partial charge on any atom is -0.385 e. The number of fused-ring (bicyclic) bond motifs is 1. The predicted octanol–water partition coefficient (Wildman–Crippen LogP) is 2.78. The summed E-state index contributed by atoms with van der Waals surface area (Å²) in [6.07, 6.45) is -9.04. The summed E-state index contributed by atoms with van der Waals surface area (Å²) >= 11 is 0. The zero-order chi connectivity index (χ0) is 29.5. The van der Waals surface area contributed by atoms with Gasteiger partial charge in [0.1, 0.15) is 42.7 Å². The molecule has 0 saturated carbocycles. The molecule has 4 saturated heterocycles. The maximum Gasteiger partial charge on any atom is 0.189 e. The van der Waals surface area contributed by atoms with Crippen molar-refractivity contribution in [3.63, 3.8) is 0 Å². The largest absolute Gasteiger partial charge is 0.385 e. The lowest BCUT2D eigenvalue weighted by molar-refractivity contribution is -0.386. The lowest BCUT2D eigenvalue weighted by Gasteiger charge is -2.48. The molecule has 11 nitrogen and oxygen atoms in total. The SMILES string of the molecule is CC1(C)OC[C@@H]([C@@H]2OC(C)(C)O[C@H]2C(O)O[C@@H]2O[C@@H]3COC(c4ccccc4)O[C@H]3[C@H](OCc3ccccc3)[C@@H]2O)O1. The number of aliphatic hydroxyl groups excluding tert-OH is 2. The first-order valence-electron chi connectivity index (χ1n) is 14.4. The molecule has 230 valence electrons. The van der Waals surface area contributed by atoms with Crippen LogP contribution >= 0.6 is 0 Å². The second-order valence-electron chi connectivity index (χ2n) is 11.9. The van der Waals surface area contributed by atoms with Crippen molar-refractivity contribution in [2.45, 2.75) is 107 Å². The van der Waals surface area contributed by atoms with E-state index in [2.05, 4.69) is 0 Å². The van der Waals surface area contributed by atoms with Crippen molar-refractivity contribution in [1.29, 1.82) is 0 Å². The van der Waals surface area contributed by atoms with Crippen molar-refractivity contribution < 1.29 is 52.8 Å². The third kappa shape index (κ3) is 6.57. The van der Waals surface area contributed by atoms with Gasteiger partial charge in [0, 0.05) is 5.56 Å². The van der Waals surface area contributed by atoms with Gasteiger partial charge in [-0.25, -0.2) is 0 Å². The van der Waals surface area contributed by atoms with Gasteiger partial charge in [0.2, 0.25) is 0 Å². The molecule has 2 aromatic rings. The topological polar surface area (TPSA) is 124 Å². The molecule has 42 heavy (non-hydrogen) atoms. The van der Waals surface area contributed by atoms with Gasteiger partial charge in [-0.05, 0) is 33.3 Å². The van der Waals surface area contributed by atoms with E-state index < -0.39 is 73.2 Å². The lowest BCUT2D eigenvalue weighted by Crippen LogP contribution is -2.63. The molecule has 11 heteroatoms. The number of aliphatic hydroxyl groups is 2. The molecule has 10 atom stereocenters. The fourth-order valence-corrected chi connectivity index (χ4v) is 5.83. The van der Waals surface area contributed by atoms with Crippen molar-refractivity contribution in [3.05, 3.63) is 71.8 Å². The fourth-order valence-electron chi connectivity index (χ4n) is 5.83. The number of hydrogen-bond donors (Lipinski definition) is 2. The van der Waals surface area contributed by atoms with E-state index in [1.807, 2.05) is 74.5 Å². The Balaban J connectivity index is 1.18. The molecule has 0 spiro atoms. The Morgan fingerprint density at radius 2 is 1.55 bits per heavy atom. The Bertz CT molecular complexity index is 1160. The third-order valence-corrected chi connectivity index (χ3v) is 7.78. The van der Waals surface area contributed by atoms with Crippen molar-refractivity contribution in [2.24, 2.45) is 0 Å². The molecule has 0 bridgehead atoms. The lowest BCUT2D eigenvalue weighted by atomic mass is 9.97. The average Bonchev–Trinajstić information content (AvgIpc) is 3.51. The molecule has 4 fully saturated rings. The summed E-state index contributed by atoms with van der Waals surface area (Å²) in [5, 5.41) is 22.8. The quantitative estimate of drug-likeness (QED) is 0.443. The highest BCUT2D eigenvalue weighted by Crippen LogP contribution is 2.39. The Hall–Kier alpha value is -2.00. The molecule has 2 unspecified atom stereocenters. The highest BCUT2D eigenvalue weighted by atomic mass is 16.8. The first kappa shape index (κ1) is 30.0. The molecular formula is C31H40O11. The van der Waals surface area contributed by atoms with Crippen LogP contribution in [0.4, 0.5) is 0 Å². The molecule has 0 aromatic heterocycles. The van der Waals surface area contributed by atoms with Gasteiger partial charge in [-0.15, -0.1) is 0 Å². The number of benzene rings is 2. The van der Waals surface area contributed by atoms with Crippen LogP contribution in [-0.2, 0) is 49.2 Å². The van der Waals surface area contributed by atoms with E-state index in [1.165, 1.54) is 0 Å². The van der Waals surface area contributed by atoms with E-state index in [1.54, 1.807) is 13.8 Å². The van der Waals surface area contributed by atoms with Gasteiger partial charge in [-0.3, -0.25) is 0 Å². The minimum atomic E-state index is -1.53. The van der Waals surface area contributed by atoms with Crippen LogP contribution in [0.25, 0.3) is 0 Å². The zero-order valence-electron chi connectivity index (χ0n) is 24.2. The van der Waals surface area contributed by atoms with Gasteiger partial charge < -0.3 is 52.8 Å². The predicted molar refractivity (Wildman–Crippen MR) is 146 cm³/mol. The highest BCUT2D eigenvalue weighted by molar-refractivity contribution is 5.17. The summed E-state index contributed by atoms with van der Waals surface area (Å²) in [5.74, 6) is -1.80. The van der Waals surface area contributed by atoms with Gasteiger partial charge in [-0.2, -0.15) is 0 Å². The monoisotopic (exact) mass is 588 g/mol. The molecule has 2 N–H and O–H groups in total. The molecule has 6 rings (SSSR count). The van der Waals surface area contributed by atoms with Crippen LogP contribution in [0.5, 0.6) is 0 Å². The Morgan fingerprint density at radius 1 is 0.833 bits per heavy atom. The van der Waals surface area contributed by atoms with Crippen LogP contribution < -0.4 is 0 Å². The summed E-state index contributed by atoms with van der Waals surface area (Å²) in [6, 6.07) is 19.2. The maximum absolute atomic E-state index is 11.5. The van der Waals surface area contributed by atoms with Crippen molar-refractivity contribution in [3.8, 4) is 0 Å². The summed E-state index contributed by atoms with van der Waals surface area (Å²) in [7, 11) is 0. The second-order valence-corrected chi connectivity index (χ2v) is 11.9. The van der Waals surface area contributed by atoms with E-state index in [0.29, 0.717) is 0 Å². The number of ether oxygens (including phenoxy) is 9. The normalized spacial score (nSPS) is 38.2. The Morgan fingerprint density at radius 3 is 2.24 bits per heavy atom. The standard InChI is InChI=1S/C31H40O11/c1-30(2)36-17-21(40-30)24-26(42-31(3,4)41-24)27(33)39-29-22(32)25(34-15-18-11-7-5-8-12-18)23-20(37-29)16-35-28(38-23)19-13-9-6-10-14-19/h5-14,20-29,32-33H,15-17H2,1-4H3/t20-,21+,22+,23-,24+,25-,26-,27?,28?,29+/m1/s1. The fraction of sp³-hybridized carbons (Fsp3) is 0.613. The zero-order valence-corrected chi connectivity index (χ0v) is 24.2. The molecule has 4 aliphatic rings. The molecule has 0 amide bonds. The van der Waals surface area contributed by atoms with E-state index >= 15 is 0 Å². The summed E-state index contributed by atoms with van der Waals surface area (Å²) in [6.45, 7) is 7.77. The van der Waals surface area contributed by atoms with Gasteiger partial charge in [0.15, 0.2) is 30.4 Å². The van der Waals surface area contributed by atoms with E-state index in [-0.39, 0.29) is 19.8 Å².